The number of carbonyl (C=O) groups excluding carboxylic acids is 1. The summed E-state index contributed by atoms with van der Waals surface area (Å²) in [5, 5.41) is 13.7. The molecule has 1 aromatic carbocycles. The third-order valence-corrected chi connectivity index (χ3v) is 3.68. The van der Waals surface area contributed by atoms with Crippen LogP contribution in [0.3, 0.4) is 0 Å². The van der Waals surface area contributed by atoms with Crippen LogP contribution in [0.4, 0.5) is 5.69 Å². The molecule has 0 unspecified atom stereocenters. The first kappa shape index (κ1) is 18.2. The average Bonchev–Trinajstić information content (AvgIpc) is 2.53. The highest BCUT2D eigenvalue weighted by Crippen LogP contribution is 2.20. The van der Waals surface area contributed by atoms with Gasteiger partial charge in [-0.3, -0.25) is 19.7 Å². The quantitative estimate of drug-likeness (QED) is 0.613. The second-order valence-electron chi connectivity index (χ2n) is 5.62. The number of carbonyl (C=O) groups is 1. The Balaban J connectivity index is 2.15. The van der Waals surface area contributed by atoms with Crippen molar-refractivity contribution >= 4 is 11.6 Å². The van der Waals surface area contributed by atoms with E-state index in [1.165, 1.54) is 6.07 Å². The summed E-state index contributed by atoms with van der Waals surface area (Å²) in [6.07, 6.45) is 0.493. The topological polar surface area (TPSA) is 114 Å². The lowest BCUT2D eigenvalue weighted by molar-refractivity contribution is -0.386. The van der Waals surface area contributed by atoms with Gasteiger partial charge >= 0.3 is 11.2 Å². The van der Waals surface area contributed by atoms with Crippen LogP contribution in [-0.2, 0) is 6.42 Å². The van der Waals surface area contributed by atoms with E-state index in [9.17, 15) is 19.7 Å². The molecule has 0 fully saturated rings. The van der Waals surface area contributed by atoms with E-state index >= 15 is 0 Å². The van der Waals surface area contributed by atoms with Gasteiger partial charge in [-0.25, -0.2) is 0 Å². The lowest BCUT2D eigenvalue weighted by Crippen LogP contribution is -2.29. The molecular formula is C17H19N3O5. The van der Waals surface area contributed by atoms with Crippen LogP contribution in [0.5, 0.6) is 5.75 Å². The summed E-state index contributed by atoms with van der Waals surface area (Å²) < 4.78 is 5.28. The third-order valence-electron chi connectivity index (χ3n) is 3.68. The second-order valence-corrected chi connectivity index (χ2v) is 5.62. The molecule has 2 aromatic rings. The number of aromatic amines is 1. The first-order chi connectivity index (χ1) is 11.8. The molecule has 0 spiro atoms. The molecule has 0 bridgehead atoms. The van der Waals surface area contributed by atoms with Gasteiger partial charge in [0.2, 0.25) is 0 Å². The fourth-order valence-corrected chi connectivity index (χ4v) is 2.54. The highest BCUT2D eigenvalue weighted by molar-refractivity contribution is 5.98. The fraction of sp³-hybridized carbons (Fsp3) is 0.294. The zero-order chi connectivity index (χ0) is 18.6. The summed E-state index contributed by atoms with van der Waals surface area (Å²) >= 11 is 0. The van der Waals surface area contributed by atoms with E-state index in [1.807, 2.05) is 25.1 Å². The fourth-order valence-electron chi connectivity index (χ4n) is 2.54. The van der Waals surface area contributed by atoms with Crippen LogP contribution in [0.25, 0.3) is 0 Å². The molecule has 0 aliphatic carbocycles. The van der Waals surface area contributed by atoms with Crippen LogP contribution >= 0.6 is 0 Å². The predicted octanol–water partition coefficient (Wildman–Crippen LogP) is 1.88. The molecule has 1 amide bonds. The smallest absolute Gasteiger partial charge is 0.346 e. The molecular weight excluding hydrogens is 326 g/mol. The van der Waals surface area contributed by atoms with E-state index in [4.69, 9.17) is 4.74 Å². The first-order valence-corrected chi connectivity index (χ1v) is 7.63. The van der Waals surface area contributed by atoms with Crippen molar-refractivity contribution in [2.24, 2.45) is 0 Å². The zero-order valence-corrected chi connectivity index (χ0v) is 14.2. The molecule has 0 atom stereocenters. The van der Waals surface area contributed by atoms with Gasteiger partial charge in [-0.05, 0) is 38.0 Å². The number of benzene rings is 1. The molecule has 2 N–H and O–H groups in total. The Hall–Kier alpha value is -3.16. The summed E-state index contributed by atoms with van der Waals surface area (Å²) in [6.45, 7) is 3.76. The number of ether oxygens (including phenoxy) is 1. The van der Waals surface area contributed by atoms with E-state index in [0.717, 1.165) is 11.1 Å². The summed E-state index contributed by atoms with van der Waals surface area (Å²) in [5.41, 5.74) is 0.456. The molecule has 8 nitrogen and oxygen atoms in total. The first-order valence-electron chi connectivity index (χ1n) is 7.63. The molecule has 1 aromatic heterocycles. The van der Waals surface area contributed by atoms with E-state index in [2.05, 4.69) is 10.3 Å². The Morgan fingerprint density at radius 3 is 2.68 bits per heavy atom. The Labute approximate surface area is 144 Å². The van der Waals surface area contributed by atoms with Crippen LogP contribution in [0.2, 0.25) is 0 Å². The van der Waals surface area contributed by atoms with E-state index in [-0.39, 0.29) is 12.1 Å². The number of nitro groups is 1. The number of aryl methyl sites for hydroxylation is 2. The lowest BCUT2D eigenvalue weighted by atomic mass is 10.1. The van der Waals surface area contributed by atoms with Gasteiger partial charge in [0.1, 0.15) is 11.3 Å². The SMILES string of the molecule is COc1ccc(C)cc1CCNC(=O)c1cc(C)[nH]c(=O)c1[N+](=O)[O-]. The molecule has 1 heterocycles. The van der Waals surface area contributed by atoms with Crippen LogP contribution in [-0.4, -0.2) is 29.5 Å². The van der Waals surface area contributed by atoms with Gasteiger partial charge in [0.05, 0.1) is 12.0 Å². The van der Waals surface area contributed by atoms with Crippen LogP contribution in [0.15, 0.2) is 29.1 Å². The van der Waals surface area contributed by atoms with Gasteiger partial charge in [0.15, 0.2) is 0 Å². The highest BCUT2D eigenvalue weighted by Gasteiger charge is 2.24. The number of hydrogen-bond donors (Lipinski definition) is 2. The largest absolute Gasteiger partial charge is 0.496 e. The van der Waals surface area contributed by atoms with Crippen molar-refractivity contribution in [2.75, 3.05) is 13.7 Å². The van der Waals surface area contributed by atoms with Gasteiger partial charge in [-0.1, -0.05) is 17.7 Å². The predicted molar refractivity (Wildman–Crippen MR) is 92.2 cm³/mol. The van der Waals surface area contributed by atoms with E-state index < -0.39 is 22.1 Å². The van der Waals surface area contributed by atoms with E-state index in [0.29, 0.717) is 17.9 Å². The standard InChI is InChI=1S/C17H19N3O5/c1-10-4-5-14(25-3)12(8-10)6-7-18-16(21)13-9-11(2)19-17(22)15(13)20(23)24/h4-5,8-9H,6-7H2,1-3H3,(H,18,21)(H,19,22). The molecule has 0 saturated carbocycles. The second kappa shape index (κ2) is 7.61. The van der Waals surface area contributed by atoms with Crippen molar-refractivity contribution in [3.63, 3.8) is 0 Å². The normalized spacial score (nSPS) is 10.4. The van der Waals surface area contributed by atoms with Crippen molar-refractivity contribution in [2.45, 2.75) is 20.3 Å². The zero-order valence-electron chi connectivity index (χ0n) is 14.2. The van der Waals surface area contributed by atoms with E-state index in [1.54, 1.807) is 14.0 Å². The monoisotopic (exact) mass is 345 g/mol. The number of methoxy groups -OCH3 is 1. The van der Waals surface area contributed by atoms with Gasteiger partial charge in [-0.2, -0.15) is 0 Å². The molecule has 0 aliphatic rings. The average molecular weight is 345 g/mol. The van der Waals surface area contributed by atoms with Crippen molar-refractivity contribution in [3.8, 4) is 5.75 Å². The minimum Gasteiger partial charge on any atom is -0.496 e. The highest BCUT2D eigenvalue weighted by atomic mass is 16.6. The minimum absolute atomic E-state index is 0.248. The summed E-state index contributed by atoms with van der Waals surface area (Å²) in [4.78, 5) is 36.6. The molecule has 0 aliphatic heterocycles. The summed E-state index contributed by atoms with van der Waals surface area (Å²) in [5.74, 6) is 0.0466. The van der Waals surface area contributed by atoms with Crippen molar-refractivity contribution in [3.05, 3.63) is 67.1 Å². The molecule has 25 heavy (non-hydrogen) atoms. The van der Waals surface area contributed by atoms with Gasteiger partial charge in [0.25, 0.3) is 5.91 Å². The number of rotatable bonds is 6. The molecule has 2 rings (SSSR count). The number of pyridine rings is 1. The maximum Gasteiger partial charge on any atom is 0.346 e. The van der Waals surface area contributed by atoms with Crippen LogP contribution in [0, 0.1) is 24.0 Å². The minimum atomic E-state index is -0.893. The number of nitrogens with zero attached hydrogens (tertiary/aromatic N) is 1. The molecule has 0 radical (unpaired) electrons. The number of nitrogens with one attached hydrogen (secondary N) is 2. The molecule has 8 heteroatoms. The van der Waals surface area contributed by atoms with Crippen molar-refractivity contribution in [1.29, 1.82) is 0 Å². The molecule has 132 valence electrons. The van der Waals surface area contributed by atoms with Crippen molar-refractivity contribution in [1.82, 2.24) is 10.3 Å². The Morgan fingerprint density at radius 1 is 1.32 bits per heavy atom. The maximum absolute atomic E-state index is 12.3. The summed E-state index contributed by atoms with van der Waals surface area (Å²) in [6, 6.07) is 7.01. The number of H-pyrrole nitrogens is 1. The van der Waals surface area contributed by atoms with Crippen LogP contribution in [0.1, 0.15) is 27.2 Å². The maximum atomic E-state index is 12.3. The Kier molecular flexibility index (Phi) is 5.53. The van der Waals surface area contributed by atoms with Gasteiger partial charge in [-0.15, -0.1) is 0 Å². The lowest BCUT2D eigenvalue weighted by Gasteiger charge is -2.10. The number of amides is 1. The summed E-state index contributed by atoms with van der Waals surface area (Å²) in [7, 11) is 1.56. The Morgan fingerprint density at radius 2 is 2.04 bits per heavy atom. The Bertz CT molecular complexity index is 873. The molecule has 0 saturated heterocycles. The van der Waals surface area contributed by atoms with Crippen molar-refractivity contribution < 1.29 is 14.5 Å². The number of aromatic nitrogens is 1. The number of hydrogen-bond acceptors (Lipinski definition) is 5. The third kappa shape index (κ3) is 4.23. The van der Waals surface area contributed by atoms with Gasteiger partial charge < -0.3 is 15.0 Å². The van der Waals surface area contributed by atoms with Crippen LogP contribution < -0.4 is 15.6 Å². The van der Waals surface area contributed by atoms with Gasteiger partial charge in [0, 0.05) is 12.2 Å².